The van der Waals surface area contributed by atoms with Crippen LogP contribution in [0.4, 0.5) is 0 Å². The Balaban J connectivity index is 1.40. The zero-order valence-corrected chi connectivity index (χ0v) is 19.1. The quantitative estimate of drug-likeness (QED) is 0.217. The topological polar surface area (TPSA) is 48.4 Å². The van der Waals surface area contributed by atoms with E-state index in [4.69, 9.17) is 26.1 Å². The SMILES string of the molecule is C=C(c1cccc(OCCCc2ccccc2C(=O)OC)c1)c1ccc2ccc(Cl)cc2n1. The molecule has 0 fully saturated rings. The van der Waals surface area contributed by atoms with Gasteiger partial charge in [0.15, 0.2) is 0 Å². The van der Waals surface area contributed by atoms with Crippen LogP contribution in [0.1, 0.15) is 33.6 Å². The molecule has 4 aromatic rings. The highest BCUT2D eigenvalue weighted by Crippen LogP contribution is 2.26. The van der Waals surface area contributed by atoms with Gasteiger partial charge < -0.3 is 9.47 Å². The van der Waals surface area contributed by atoms with Crippen LogP contribution < -0.4 is 4.74 Å². The van der Waals surface area contributed by atoms with Crippen LogP contribution in [0.3, 0.4) is 0 Å². The number of ether oxygens (including phenoxy) is 2. The standard InChI is InChI=1S/C28H24ClNO3/c1-19(26-15-13-21-12-14-23(29)18-27(21)30-26)22-8-5-10-24(17-22)33-16-6-9-20-7-3-4-11-25(20)28(31)32-2/h3-5,7-8,10-15,17-18H,1,6,9,16H2,2H3. The van der Waals surface area contributed by atoms with E-state index in [0.717, 1.165) is 51.9 Å². The highest BCUT2D eigenvalue weighted by atomic mass is 35.5. The summed E-state index contributed by atoms with van der Waals surface area (Å²) in [6, 6.07) is 25.0. The zero-order chi connectivity index (χ0) is 23.2. The molecule has 0 bridgehead atoms. The fourth-order valence-corrected chi connectivity index (χ4v) is 3.85. The van der Waals surface area contributed by atoms with Crippen LogP contribution in [-0.4, -0.2) is 24.7 Å². The van der Waals surface area contributed by atoms with Gasteiger partial charge >= 0.3 is 5.97 Å². The van der Waals surface area contributed by atoms with Crippen molar-refractivity contribution in [2.75, 3.05) is 13.7 Å². The maximum atomic E-state index is 11.9. The number of hydrogen-bond acceptors (Lipinski definition) is 4. The van der Waals surface area contributed by atoms with E-state index in [-0.39, 0.29) is 5.97 Å². The molecule has 0 spiro atoms. The van der Waals surface area contributed by atoms with Gasteiger partial charge in [-0.15, -0.1) is 0 Å². The Morgan fingerprint density at radius 3 is 2.67 bits per heavy atom. The van der Waals surface area contributed by atoms with E-state index in [0.29, 0.717) is 17.2 Å². The summed E-state index contributed by atoms with van der Waals surface area (Å²) >= 11 is 6.12. The number of halogens is 1. The van der Waals surface area contributed by atoms with E-state index in [2.05, 4.69) is 6.58 Å². The molecule has 0 atom stereocenters. The number of aromatic nitrogens is 1. The van der Waals surface area contributed by atoms with Crippen LogP contribution >= 0.6 is 11.6 Å². The van der Waals surface area contributed by atoms with Crippen molar-refractivity contribution in [2.24, 2.45) is 0 Å². The third kappa shape index (κ3) is 5.41. The fraction of sp³-hybridized carbons (Fsp3) is 0.143. The number of hydrogen-bond donors (Lipinski definition) is 0. The molecule has 5 heteroatoms. The molecule has 0 unspecified atom stereocenters. The monoisotopic (exact) mass is 457 g/mol. The Labute approximate surface area is 198 Å². The molecule has 1 heterocycles. The number of pyridine rings is 1. The first-order valence-electron chi connectivity index (χ1n) is 10.7. The lowest BCUT2D eigenvalue weighted by Crippen LogP contribution is -2.07. The second kappa shape index (κ2) is 10.3. The molecule has 0 aliphatic carbocycles. The molecule has 0 saturated carbocycles. The Bertz CT molecular complexity index is 1320. The molecule has 0 saturated heterocycles. The van der Waals surface area contributed by atoms with E-state index in [1.54, 1.807) is 6.07 Å². The van der Waals surface area contributed by atoms with Gasteiger partial charge in [0, 0.05) is 16.0 Å². The fourth-order valence-electron chi connectivity index (χ4n) is 3.68. The minimum absolute atomic E-state index is 0.317. The van der Waals surface area contributed by atoms with Crippen LogP contribution in [0.5, 0.6) is 5.75 Å². The van der Waals surface area contributed by atoms with Gasteiger partial charge in [-0.25, -0.2) is 9.78 Å². The van der Waals surface area contributed by atoms with Crippen molar-refractivity contribution >= 4 is 34.0 Å². The average Bonchev–Trinajstić information content (AvgIpc) is 2.85. The van der Waals surface area contributed by atoms with Crippen LogP contribution in [-0.2, 0) is 11.2 Å². The van der Waals surface area contributed by atoms with Crippen molar-refractivity contribution in [1.82, 2.24) is 4.98 Å². The smallest absolute Gasteiger partial charge is 0.338 e. The number of methoxy groups -OCH3 is 1. The third-order valence-electron chi connectivity index (χ3n) is 5.43. The van der Waals surface area contributed by atoms with Gasteiger partial charge in [0.2, 0.25) is 0 Å². The van der Waals surface area contributed by atoms with Gasteiger partial charge in [0.25, 0.3) is 0 Å². The lowest BCUT2D eigenvalue weighted by molar-refractivity contribution is 0.0599. The third-order valence-corrected chi connectivity index (χ3v) is 5.66. The Hall–Kier alpha value is -3.63. The van der Waals surface area contributed by atoms with Crippen molar-refractivity contribution in [1.29, 1.82) is 0 Å². The van der Waals surface area contributed by atoms with Crippen LogP contribution in [0, 0.1) is 0 Å². The minimum atomic E-state index is -0.317. The number of carbonyl (C=O) groups excluding carboxylic acids is 1. The highest BCUT2D eigenvalue weighted by Gasteiger charge is 2.11. The molecule has 0 aliphatic heterocycles. The largest absolute Gasteiger partial charge is 0.494 e. The number of esters is 1. The average molecular weight is 458 g/mol. The summed E-state index contributed by atoms with van der Waals surface area (Å²) in [4.78, 5) is 16.6. The molecule has 0 aliphatic rings. The second-order valence-electron chi connectivity index (χ2n) is 7.64. The van der Waals surface area contributed by atoms with Crippen molar-refractivity contribution in [3.05, 3.63) is 113 Å². The minimum Gasteiger partial charge on any atom is -0.494 e. The number of carbonyl (C=O) groups is 1. The van der Waals surface area contributed by atoms with Gasteiger partial charge in [-0.05, 0) is 60.4 Å². The van der Waals surface area contributed by atoms with Gasteiger partial charge in [-0.3, -0.25) is 0 Å². The normalized spacial score (nSPS) is 10.7. The first kappa shape index (κ1) is 22.6. The summed E-state index contributed by atoms with van der Waals surface area (Å²) < 4.78 is 10.8. The summed E-state index contributed by atoms with van der Waals surface area (Å²) in [6.45, 7) is 4.77. The molecular weight excluding hydrogens is 434 g/mol. The maximum Gasteiger partial charge on any atom is 0.338 e. The molecule has 166 valence electrons. The number of nitrogens with zero attached hydrogens (tertiary/aromatic N) is 1. The lowest BCUT2D eigenvalue weighted by Gasteiger charge is -2.11. The Morgan fingerprint density at radius 1 is 1.00 bits per heavy atom. The van der Waals surface area contributed by atoms with Crippen molar-refractivity contribution in [2.45, 2.75) is 12.8 Å². The van der Waals surface area contributed by atoms with Crippen molar-refractivity contribution in [3.8, 4) is 5.75 Å². The predicted octanol–water partition coefficient (Wildman–Crippen LogP) is 6.75. The van der Waals surface area contributed by atoms with Gasteiger partial charge in [0.05, 0.1) is 30.5 Å². The lowest BCUT2D eigenvalue weighted by atomic mass is 10.0. The summed E-state index contributed by atoms with van der Waals surface area (Å²) in [5, 5.41) is 1.68. The van der Waals surface area contributed by atoms with Gasteiger partial charge in [0.1, 0.15) is 5.75 Å². The number of benzene rings is 3. The number of rotatable bonds is 8. The van der Waals surface area contributed by atoms with E-state index in [1.807, 2.05) is 72.8 Å². The van der Waals surface area contributed by atoms with E-state index < -0.39 is 0 Å². The number of aryl methyl sites for hydroxylation is 1. The zero-order valence-electron chi connectivity index (χ0n) is 18.4. The Morgan fingerprint density at radius 2 is 1.82 bits per heavy atom. The molecule has 0 N–H and O–H groups in total. The summed E-state index contributed by atoms with van der Waals surface area (Å²) in [6.07, 6.45) is 1.49. The Kier molecular flexibility index (Phi) is 7.06. The number of fused-ring (bicyclic) bond motifs is 1. The van der Waals surface area contributed by atoms with Crippen LogP contribution in [0.2, 0.25) is 5.02 Å². The molecule has 33 heavy (non-hydrogen) atoms. The molecule has 3 aromatic carbocycles. The molecular formula is C28H24ClNO3. The van der Waals surface area contributed by atoms with Crippen LogP contribution in [0.15, 0.2) is 85.4 Å². The molecule has 0 amide bonds. The van der Waals surface area contributed by atoms with Gasteiger partial charge in [-0.1, -0.05) is 60.6 Å². The second-order valence-corrected chi connectivity index (χ2v) is 8.08. The molecule has 4 rings (SSSR count). The predicted molar refractivity (Wildman–Crippen MR) is 133 cm³/mol. The van der Waals surface area contributed by atoms with E-state index in [1.165, 1.54) is 7.11 Å². The molecule has 1 aromatic heterocycles. The molecule has 4 nitrogen and oxygen atoms in total. The highest BCUT2D eigenvalue weighted by molar-refractivity contribution is 6.31. The molecule has 0 radical (unpaired) electrons. The van der Waals surface area contributed by atoms with Crippen molar-refractivity contribution in [3.63, 3.8) is 0 Å². The summed E-state index contributed by atoms with van der Waals surface area (Å²) in [7, 11) is 1.39. The van der Waals surface area contributed by atoms with E-state index in [9.17, 15) is 4.79 Å². The van der Waals surface area contributed by atoms with E-state index >= 15 is 0 Å². The maximum absolute atomic E-state index is 11.9. The first-order chi connectivity index (χ1) is 16.0. The first-order valence-corrected chi connectivity index (χ1v) is 11.1. The van der Waals surface area contributed by atoms with Crippen LogP contribution in [0.25, 0.3) is 16.5 Å². The van der Waals surface area contributed by atoms with Gasteiger partial charge in [-0.2, -0.15) is 0 Å². The summed E-state index contributed by atoms with van der Waals surface area (Å²) in [5.74, 6) is 0.445. The summed E-state index contributed by atoms with van der Waals surface area (Å²) in [5.41, 5.74) is 4.94. The van der Waals surface area contributed by atoms with Crippen molar-refractivity contribution < 1.29 is 14.3 Å².